The molecule has 0 amide bonds. The molecule has 3 nitrogen and oxygen atoms in total. The summed E-state index contributed by atoms with van der Waals surface area (Å²) in [7, 11) is -2.49. The topological polar surface area (TPSA) is 40.5 Å². The van der Waals surface area contributed by atoms with Crippen LogP contribution in [0.1, 0.15) is 33.6 Å². The number of hydrogen-bond donors (Lipinski definition) is 1. The van der Waals surface area contributed by atoms with E-state index < -0.39 is 20.2 Å². The highest BCUT2D eigenvalue weighted by Gasteiger charge is 2.56. The van der Waals surface area contributed by atoms with E-state index in [1.165, 1.54) is 10.4 Å². The van der Waals surface area contributed by atoms with E-state index >= 15 is 0 Å². The summed E-state index contributed by atoms with van der Waals surface area (Å²) < 4.78 is 2.36. The lowest BCUT2D eigenvalue weighted by Gasteiger charge is -2.51. The van der Waals surface area contributed by atoms with Crippen LogP contribution in [0.4, 0.5) is 0 Å². The van der Waals surface area contributed by atoms with Gasteiger partial charge in [0.2, 0.25) is 0 Å². The fourth-order valence-electron chi connectivity index (χ4n) is 4.58. The van der Waals surface area contributed by atoms with Crippen molar-refractivity contribution in [1.82, 2.24) is 4.57 Å². The first-order chi connectivity index (χ1) is 11.9. The van der Waals surface area contributed by atoms with Crippen LogP contribution in [0, 0.1) is 0 Å². The normalized spacial score (nSPS) is 19.1. The standard InChI is InChI=1S/C21H27NO2Si/c1-21(2,3)25(17-11-6-4-7-12-17,18-13-8-5-9-14-18)22-16-10-15-19(22)20(23)24/h4-9,11-14,19H,10,15-16H2,1-3H3,(H,23,24)/t19-/m0/s1. The Balaban J connectivity index is 2.32. The van der Waals surface area contributed by atoms with E-state index in [0.29, 0.717) is 0 Å². The first kappa shape index (κ1) is 17.9. The molecule has 0 saturated carbocycles. The molecule has 0 radical (unpaired) electrons. The average molecular weight is 354 g/mol. The molecule has 0 spiro atoms. The number of carbonyl (C=O) groups is 1. The molecule has 1 atom stereocenters. The van der Waals surface area contributed by atoms with Crippen molar-refractivity contribution in [2.24, 2.45) is 0 Å². The molecule has 1 aliphatic rings. The van der Waals surface area contributed by atoms with Gasteiger partial charge < -0.3 is 9.67 Å². The molecule has 1 fully saturated rings. The molecular weight excluding hydrogens is 326 g/mol. The van der Waals surface area contributed by atoms with Crippen LogP contribution in [-0.2, 0) is 4.79 Å². The van der Waals surface area contributed by atoms with E-state index in [1.807, 2.05) is 12.1 Å². The number of carboxylic acids is 1. The summed E-state index contributed by atoms with van der Waals surface area (Å²) in [6, 6.07) is 20.8. The van der Waals surface area contributed by atoms with E-state index in [-0.39, 0.29) is 5.04 Å². The predicted molar refractivity (Wildman–Crippen MR) is 105 cm³/mol. The molecule has 25 heavy (non-hydrogen) atoms. The molecule has 132 valence electrons. The highest BCUT2D eigenvalue weighted by Crippen LogP contribution is 2.41. The van der Waals surface area contributed by atoms with Gasteiger partial charge in [-0.3, -0.25) is 4.79 Å². The van der Waals surface area contributed by atoms with Gasteiger partial charge in [-0.2, -0.15) is 0 Å². The quantitative estimate of drug-likeness (QED) is 0.859. The summed E-state index contributed by atoms with van der Waals surface area (Å²) in [6.07, 6.45) is 1.68. The maximum Gasteiger partial charge on any atom is 0.320 e. The van der Waals surface area contributed by atoms with Gasteiger partial charge in [0, 0.05) is 0 Å². The van der Waals surface area contributed by atoms with Crippen molar-refractivity contribution in [1.29, 1.82) is 0 Å². The first-order valence-corrected chi connectivity index (χ1v) is 10.9. The molecule has 1 aliphatic heterocycles. The van der Waals surface area contributed by atoms with Crippen LogP contribution in [-0.4, -0.2) is 36.5 Å². The Morgan fingerprint density at radius 2 is 1.48 bits per heavy atom. The number of rotatable bonds is 4. The van der Waals surface area contributed by atoms with Crippen LogP contribution in [0.25, 0.3) is 0 Å². The van der Waals surface area contributed by atoms with Gasteiger partial charge in [0.15, 0.2) is 8.24 Å². The van der Waals surface area contributed by atoms with Crippen LogP contribution in [0.5, 0.6) is 0 Å². The number of hydrogen-bond acceptors (Lipinski definition) is 2. The van der Waals surface area contributed by atoms with E-state index in [2.05, 4.69) is 73.9 Å². The minimum absolute atomic E-state index is 0.0479. The van der Waals surface area contributed by atoms with Crippen molar-refractivity contribution in [3.63, 3.8) is 0 Å². The van der Waals surface area contributed by atoms with Gasteiger partial charge in [0.05, 0.1) is 0 Å². The van der Waals surface area contributed by atoms with Crippen molar-refractivity contribution < 1.29 is 9.90 Å². The second kappa shape index (κ2) is 6.77. The monoisotopic (exact) mass is 353 g/mol. The molecule has 1 heterocycles. The molecule has 0 aromatic heterocycles. The lowest BCUT2D eigenvalue weighted by Crippen LogP contribution is -2.76. The fourth-order valence-corrected chi connectivity index (χ4v) is 10.7. The third kappa shape index (κ3) is 2.94. The number of benzene rings is 2. The largest absolute Gasteiger partial charge is 0.480 e. The number of aliphatic carboxylic acids is 1. The van der Waals surface area contributed by atoms with E-state index in [1.54, 1.807) is 0 Å². The highest BCUT2D eigenvalue weighted by molar-refractivity contribution is 7.02. The molecular formula is C21H27NO2Si. The van der Waals surface area contributed by atoms with E-state index in [0.717, 1.165) is 19.4 Å². The van der Waals surface area contributed by atoms with E-state index in [9.17, 15) is 9.90 Å². The summed E-state index contributed by atoms with van der Waals surface area (Å²) in [4.78, 5) is 12.0. The van der Waals surface area contributed by atoms with Crippen molar-refractivity contribution in [3.05, 3.63) is 60.7 Å². The number of carboxylic acid groups (broad SMARTS) is 1. The molecule has 1 N–H and O–H groups in total. The Morgan fingerprint density at radius 3 is 1.88 bits per heavy atom. The minimum atomic E-state index is -2.49. The van der Waals surface area contributed by atoms with Gasteiger partial charge in [0.1, 0.15) is 6.04 Å². The van der Waals surface area contributed by atoms with Crippen LogP contribution >= 0.6 is 0 Å². The molecule has 2 aromatic carbocycles. The zero-order valence-corrected chi connectivity index (χ0v) is 16.3. The third-order valence-electron chi connectivity index (χ3n) is 5.44. The lowest BCUT2D eigenvalue weighted by atomic mass is 10.2. The summed E-state index contributed by atoms with van der Waals surface area (Å²) in [6.45, 7) is 7.67. The van der Waals surface area contributed by atoms with E-state index in [4.69, 9.17) is 0 Å². The molecule has 4 heteroatoms. The van der Waals surface area contributed by atoms with Crippen LogP contribution in [0.3, 0.4) is 0 Å². The average Bonchev–Trinajstić information content (AvgIpc) is 3.06. The second-order valence-corrected chi connectivity index (χ2v) is 12.5. The van der Waals surface area contributed by atoms with Crippen molar-refractivity contribution >= 4 is 24.6 Å². The van der Waals surface area contributed by atoms with Gasteiger partial charge in [-0.15, -0.1) is 0 Å². The Bertz CT molecular complexity index is 685. The number of nitrogens with zero attached hydrogens (tertiary/aromatic N) is 1. The van der Waals surface area contributed by atoms with Gasteiger partial charge in [-0.1, -0.05) is 81.4 Å². The molecule has 3 rings (SSSR count). The second-order valence-electron chi connectivity index (χ2n) is 7.88. The lowest BCUT2D eigenvalue weighted by molar-refractivity contribution is -0.140. The van der Waals surface area contributed by atoms with Gasteiger partial charge in [0.25, 0.3) is 0 Å². The van der Waals surface area contributed by atoms with Crippen molar-refractivity contribution in [3.8, 4) is 0 Å². The highest BCUT2D eigenvalue weighted by atomic mass is 28.3. The summed E-state index contributed by atoms with van der Waals surface area (Å²) in [5, 5.41) is 12.4. The SMILES string of the molecule is CC(C)(C)[Si](c1ccccc1)(c1ccccc1)N1CCC[C@H]1C(=O)O. The fraction of sp³-hybridized carbons (Fsp3) is 0.381. The van der Waals surface area contributed by atoms with Gasteiger partial charge >= 0.3 is 5.97 Å². The Kier molecular flexibility index (Phi) is 4.85. The maximum absolute atomic E-state index is 12.0. The van der Waals surface area contributed by atoms with Gasteiger partial charge in [-0.05, 0) is 34.8 Å². The smallest absolute Gasteiger partial charge is 0.320 e. The Hall–Kier alpha value is -1.91. The van der Waals surface area contributed by atoms with Crippen molar-refractivity contribution in [2.75, 3.05) is 6.54 Å². The minimum Gasteiger partial charge on any atom is -0.480 e. The third-order valence-corrected chi connectivity index (χ3v) is 11.3. The molecule has 0 aliphatic carbocycles. The molecule has 1 saturated heterocycles. The zero-order chi connectivity index (χ0) is 18.1. The van der Waals surface area contributed by atoms with Gasteiger partial charge in [-0.25, -0.2) is 0 Å². The molecule has 0 bridgehead atoms. The maximum atomic E-state index is 12.0. The van der Waals surface area contributed by atoms with Crippen molar-refractivity contribution in [2.45, 2.75) is 44.7 Å². The Labute approximate surface area is 151 Å². The van der Waals surface area contributed by atoms with Crippen LogP contribution in [0.2, 0.25) is 5.04 Å². The van der Waals surface area contributed by atoms with Crippen LogP contribution in [0.15, 0.2) is 60.7 Å². The summed E-state index contributed by atoms with van der Waals surface area (Å²) in [5.74, 6) is -0.689. The first-order valence-electron chi connectivity index (χ1n) is 8.99. The predicted octanol–water partition coefficient (Wildman–Crippen LogP) is 3.10. The summed E-state index contributed by atoms with van der Waals surface area (Å²) in [5.41, 5.74) is 0. The molecule has 0 unspecified atom stereocenters. The summed E-state index contributed by atoms with van der Waals surface area (Å²) >= 11 is 0. The van der Waals surface area contributed by atoms with Crippen LogP contribution < -0.4 is 10.4 Å². The molecule has 2 aromatic rings. The zero-order valence-electron chi connectivity index (χ0n) is 15.3. The Morgan fingerprint density at radius 1 is 1.00 bits per heavy atom.